The van der Waals surface area contributed by atoms with Gasteiger partial charge < -0.3 is 0 Å². The van der Waals surface area contributed by atoms with Gasteiger partial charge in [0.05, 0.1) is 10.6 Å². The van der Waals surface area contributed by atoms with Crippen LogP contribution < -0.4 is 0 Å². The van der Waals surface area contributed by atoms with Gasteiger partial charge in [0.15, 0.2) is 0 Å². The van der Waals surface area contributed by atoms with Crippen molar-refractivity contribution in [2.24, 2.45) is 10.2 Å². The average molecular weight is 234 g/mol. The fourth-order valence-electron chi connectivity index (χ4n) is 0.982. The van der Waals surface area contributed by atoms with Gasteiger partial charge in [-0.3, -0.25) is 10.1 Å². The minimum Gasteiger partial charge on any atom is -0.257 e. The second-order valence-corrected chi connectivity index (χ2v) is 3.76. The molecule has 0 bridgehead atoms. The maximum absolute atomic E-state index is 10.4. The number of aromatic nitrogens is 1. The summed E-state index contributed by atoms with van der Waals surface area (Å²) in [7, 11) is 0. The quantitative estimate of drug-likeness (QED) is 0.463. The van der Waals surface area contributed by atoms with Crippen molar-refractivity contribution in [1.82, 2.24) is 4.98 Å². The lowest BCUT2D eigenvalue weighted by Gasteiger charge is -1.87. The van der Waals surface area contributed by atoms with Crippen molar-refractivity contribution < 1.29 is 4.92 Å². The second kappa shape index (κ2) is 4.58. The van der Waals surface area contributed by atoms with Crippen LogP contribution in [0.2, 0.25) is 0 Å². The number of thiazole rings is 1. The molecule has 0 fully saturated rings. The average Bonchev–Trinajstić information content (AvgIpc) is 2.76. The first kappa shape index (κ1) is 10.4. The van der Waals surface area contributed by atoms with Crippen LogP contribution in [0.5, 0.6) is 0 Å². The highest BCUT2D eigenvalue weighted by Crippen LogP contribution is 2.28. The maximum atomic E-state index is 10.4. The van der Waals surface area contributed by atoms with Gasteiger partial charge in [-0.1, -0.05) is 18.2 Å². The Labute approximate surface area is 94.4 Å². The zero-order valence-corrected chi connectivity index (χ0v) is 8.79. The molecule has 16 heavy (non-hydrogen) atoms. The summed E-state index contributed by atoms with van der Waals surface area (Å²) in [6.07, 6.45) is 1.17. The molecule has 7 heteroatoms. The molecule has 1 heterocycles. The molecule has 0 saturated heterocycles. The largest absolute Gasteiger partial charge is 0.345 e. The minimum atomic E-state index is -0.501. The third kappa shape index (κ3) is 2.45. The van der Waals surface area contributed by atoms with Crippen LogP contribution in [-0.2, 0) is 0 Å². The van der Waals surface area contributed by atoms with Gasteiger partial charge in [0.25, 0.3) is 0 Å². The lowest BCUT2D eigenvalue weighted by atomic mass is 10.3. The van der Waals surface area contributed by atoms with E-state index in [1.54, 1.807) is 12.1 Å². The molecule has 0 aliphatic heterocycles. The molecule has 6 nitrogen and oxygen atoms in total. The Morgan fingerprint density at radius 1 is 1.25 bits per heavy atom. The van der Waals surface area contributed by atoms with Gasteiger partial charge >= 0.3 is 5.00 Å². The first-order chi connectivity index (χ1) is 7.75. The van der Waals surface area contributed by atoms with E-state index in [1.807, 2.05) is 18.2 Å². The molecule has 0 amide bonds. The van der Waals surface area contributed by atoms with Crippen LogP contribution in [0.25, 0.3) is 0 Å². The van der Waals surface area contributed by atoms with E-state index in [2.05, 4.69) is 15.2 Å². The van der Waals surface area contributed by atoms with Crippen LogP contribution in [0.4, 0.5) is 15.8 Å². The number of benzene rings is 1. The van der Waals surface area contributed by atoms with Crippen molar-refractivity contribution >= 4 is 27.2 Å². The number of hydrogen-bond acceptors (Lipinski definition) is 6. The van der Waals surface area contributed by atoms with Gasteiger partial charge in [-0.2, -0.15) is 0 Å². The van der Waals surface area contributed by atoms with E-state index in [1.165, 1.54) is 6.20 Å². The Balaban J connectivity index is 2.15. The normalized spacial score (nSPS) is 10.8. The highest BCUT2D eigenvalue weighted by atomic mass is 32.1. The van der Waals surface area contributed by atoms with Crippen molar-refractivity contribution in [1.29, 1.82) is 0 Å². The van der Waals surface area contributed by atoms with Crippen LogP contribution in [0.1, 0.15) is 0 Å². The third-order valence-corrected chi connectivity index (χ3v) is 2.50. The lowest BCUT2D eigenvalue weighted by molar-refractivity contribution is -0.380. The van der Waals surface area contributed by atoms with Crippen molar-refractivity contribution in [3.8, 4) is 0 Å². The Morgan fingerprint density at radius 2 is 2.00 bits per heavy atom. The van der Waals surface area contributed by atoms with Crippen molar-refractivity contribution in [2.45, 2.75) is 0 Å². The summed E-state index contributed by atoms with van der Waals surface area (Å²) in [4.78, 5) is 13.7. The summed E-state index contributed by atoms with van der Waals surface area (Å²) in [5.41, 5.74) is 0.681. The van der Waals surface area contributed by atoms with E-state index in [0.717, 1.165) is 11.3 Å². The highest BCUT2D eigenvalue weighted by molar-refractivity contribution is 7.18. The van der Waals surface area contributed by atoms with Crippen LogP contribution in [0, 0.1) is 10.1 Å². The zero-order chi connectivity index (χ0) is 11.4. The fraction of sp³-hybridized carbons (Fsp3) is 0. The molecule has 0 radical (unpaired) electrons. The molecule has 0 aliphatic carbocycles. The Hall–Kier alpha value is -2.15. The third-order valence-electron chi connectivity index (χ3n) is 1.67. The van der Waals surface area contributed by atoms with Gasteiger partial charge in [-0.15, -0.1) is 10.2 Å². The summed E-state index contributed by atoms with van der Waals surface area (Å²) in [5, 5.41) is 18.3. The van der Waals surface area contributed by atoms with Crippen molar-refractivity contribution in [2.75, 3.05) is 0 Å². The van der Waals surface area contributed by atoms with E-state index in [9.17, 15) is 10.1 Å². The summed E-state index contributed by atoms with van der Waals surface area (Å²) in [6.45, 7) is 0. The monoisotopic (exact) mass is 234 g/mol. The molecule has 0 spiro atoms. The molecule has 1 aromatic carbocycles. The Kier molecular flexibility index (Phi) is 2.97. The first-order valence-corrected chi connectivity index (χ1v) is 5.14. The number of hydrogen-bond donors (Lipinski definition) is 0. The molecular weight excluding hydrogens is 228 g/mol. The van der Waals surface area contributed by atoms with Crippen LogP contribution in [-0.4, -0.2) is 9.91 Å². The van der Waals surface area contributed by atoms with Crippen LogP contribution in [0.15, 0.2) is 46.8 Å². The number of azo groups is 1. The van der Waals surface area contributed by atoms with E-state index >= 15 is 0 Å². The smallest absolute Gasteiger partial charge is 0.257 e. The number of nitrogens with zero attached hydrogens (tertiary/aromatic N) is 4. The second-order valence-electron chi connectivity index (χ2n) is 2.77. The molecule has 0 atom stereocenters. The Bertz CT molecular complexity index is 523. The van der Waals surface area contributed by atoms with E-state index in [4.69, 9.17) is 0 Å². The van der Waals surface area contributed by atoms with Gasteiger partial charge in [0.1, 0.15) is 6.20 Å². The molecule has 0 saturated carbocycles. The van der Waals surface area contributed by atoms with Gasteiger partial charge in [-0.05, 0) is 23.5 Å². The SMILES string of the molecule is O=[N+]([O-])c1cnc(N=Nc2ccccc2)s1. The molecule has 2 aromatic rings. The fourth-order valence-corrected chi connectivity index (χ4v) is 1.54. The zero-order valence-electron chi connectivity index (χ0n) is 7.98. The highest BCUT2D eigenvalue weighted by Gasteiger charge is 2.10. The lowest BCUT2D eigenvalue weighted by Crippen LogP contribution is -1.80. The predicted octanol–water partition coefficient (Wildman–Crippen LogP) is 3.47. The summed E-state index contributed by atoms with van der Waals surface area (Å²) in [5.74, 6) is 0. The molecule has 1 aromatic heterocycles. The van der Waals surface area contributed by atoms with E-state index < -0.39 is 4.92 Å². The molecule has 0 N–H and O–H groups in total. The molecule has 2 rings (SSSR count). The summed E-state index contributed by atoms with van der Waals surface area (Å²) >= 11 is 0.890. The minimum absolute atomic E-state index is 0.0398. The maximum Gasteiger partial charge on any atom is 0.345 e. The number of rotatable bonds is 3. The molecule has 0 unspecified atom stereocenters. The van der Waals surface area contributed by atoms with Crippen molar-refractivity contribution in [3.63, 3.8) is 0 Å². The van der Waals surface area contributed by atoms with Crippen LogP contribution >= 0.6 is 11.3 Å². The van der Waals surface area contributed by atoms with Gasteiger partial charge in [0, 0.05) is 0 Å². The molecule has 0 aliphatic rings. The standard InChI is InChI=1S/C9H6N4O2S/c14-13(15)8-6-10-9(16-8)12-11-7-4-2-1-3-5-7/h1-6H. The van der Waals surface area contributed by atoms with Gasteiger partial charge in [-0.25, -0.2) is 4.98 Å². The molecule has 80 valence electrons. The van der Waals surface area contributed by atoms with Gasteiger partial charge in [0.2, 0.25) is 5.13 Å². The number of nitro groups is 1. The summed E-state index contributed by atoms with van der Waals surface area (Å²) in [6, 6.07) is 9.10. The van der Waals surface area contributed by atoms with E-state index in [0.29, 0.717) is 5.69 Å². The first-order valence-electron chi connectivity index (χ1n) is 4.33. The Morgan fingerprint density at radius 3 is 2.62 bits per heavy atom. The van der Waals surface area contributed by atoms with E-state index in [-0.39, 0.29) is 10.1 Å². The molecular formula is C9H6N4O2S. The van der Waals surface area contributed by atoms with Crippen LogP contribution in [0.3, 0.4) is 0 Å². The summed E-state index contributed by atoms with van der Waals surface area (Å²) < 4.78 is 0. The predicted molar refractivity (Wildman–Crippen MR) is 59.4 cm³/mol. The topological polar surface area (TPSA) is 80.8 Å². The van der Waals surface area contributed by atoms with Crippen molar-refractivity contribution in [3.05, 3.63) is 46.6 Å².